The van der Waals surface area contributed by atoms with E-state index in [9.17, 15) is 17.6 Å². The molecule has 4 nitrogen and oxygen atoms in total. The average molecular weight is 410 g/mol. The molecular formula is C21H22F4N2O2. The molecule has 0 saturated heterocycles. The van der Waals surface area contributed by atoms with E-state index in [1.807, 2.05) is 34.3 Å². The van der Waals surface area contributed by atoms with E-state index in [1.54, 1.807) is 24.3 Å². The van der Waals surface area contributed by atoms with Crippen LogP contribution >= 0.6 is 0 Å². The number of nitrogens with zero attached hydrogens (tertiary/aromatic N) is 2. The van der Waals surface area contributed by atoms with E-state index < -0.39 is 17.7 Å². The first-order chi connectivity index (χ1) is 13.8. The van der Waals surface area contributed by atoms with Crippen molar-refractivity contribution in [3.05, 3.63) is 71.7 Å². The lowest BCUT2D eigenvalue weighted by Crippen LogP contribution is -2.07. The molecule has 1 aromatic heterocycles. The zero-order chi connectivity index (χ0) is 22.6. The van der Waals surface area contributed by atoms with Gasteiger partial charge in [-0.15, -0.1) is 0 Å². The second kappa shape index (κ2) is 12.2. The van der Waals surface area contributed by atoms with Crippen LogP contribution in [-0.2, 0) is 15.8 Å². The summed E-state index contributed by atoms with van der Waals surface area (Å²) in [5.41, 5.74) is 1.21. The quantitative estimate of drug-likeness (QED) is 0.512. The fraction of sp³-hybridized carbons (Fsp3) is 0.190. The molecule has 0 saturated carbocycles. The fourth-order valence-corrected chi connectivity index (χ4v) is 2.23. The van der Waals surface area contributed by atoms with Crippen LogP contribution in [0, 0.1) is 12.7 Å². The number of carbonyl (C=O) groups excluding carboxylic acids is 2. The van der Waals surface area contributed by atoms with Gasteiger partial charge in [0.2, 0.25) is 0 Å². The van der Waals surface area contributed by atoms with Crippen molar-refractivity contribution in [1.82, 2.24) is 9.78 Å². The van der Waals surface area contributed by atoms with Crippen molar-refractivity contribution in [3.8, 4) is 16.9 Å². The van der Waals surface area contributed by atoms with E-state index in [1.165, 1.54) is 28.9 Å². The minimum Gasteiger partial charge on any atom is -0.307 e. The SMILES string of the molecule is C=O.C=O.CC.Cc1ccc(-n2nc(C(F)(F)F)cc2-c2ccc(F)cc2)cc1. The van der Waals surface area contributed by atoms with Gasteiger partial charge in [-0.3, -0.25) is 0 Å². The Bertz CT molecular complexity index is 793. The molecule has 3 aromatic rings. The number of hydrogen-bond acceptors (Lipinski definition) is 3. The summed E-state index contributed by atoms with van der Waals surface area (Å²) in [6.07, 6.45) is -4.55. The van der Waals surface area contributed by atoms with Crippen molar-refractivity contribution in [2.45, 2.75) is 26.9 Å². The molecule has 3 rings (SSSR count). The summed E-state index contributed by atoms with van der Waals surface area (Å²) in [5.74, 6) is -0.453. The van der Waals surface area contributed by atoms with Crippen molar-refractivity contribution >= 4 is 13.6 Å². The van der Waals surface area contributed by atoms with E-state index in [0.29, 0.717) is 11.3 Å². The third kappa shape index (κ3) is 6.99. The van der Waals surface area contributed by atoms with Crippen molar-refractivity contribution in [2.24, 2.45) is 0 Å². The predicted molar refractivity (Wildman–Crippen MR) is 104 cm³/mol. The van der Waals surface area contributed by atoms with Gasteiger partial charge in [0, 0.05) is 5.56 Å². The van der Waals surface area contributed by atoms with Crippen LogP contribution in [0.4, 0.5) is 17.6 Å². The van der Waals surface area contributed by atoms with E-state index in [0.717, 1.165) is 11.6 Å². The van der Waals surface area contributed by atoms with Crippen LogP contribution in [0.1, 0.15) is 25.1 Å². The number of halogens is 4. The highest BCUT2D eigenvalue weighted by Crippen LogP contribution is 2.33. The molecule has 0 unspecified atom stereocenters. The van der Waals surface area contributed by atoms with E-state index >= 15 is 0 Å². The molecule has 0 bridgehead atoms. The molecule has 0 aliphatic rings. The normalized spacial score (nSPS) is 9.76. The summed E-state index contributed by atoms with van der Waals surface area (Å²) in [6, 6.07) is 13.2. The van der Waals surface area contributed by atoms with Gasteiger partial charge in [-0.05, 0) is 49.4 Å². The van der Waals surface area contributed by atoms with E-state index in [-0.39, 0.29) is 5.69 Å². The van der Waals surface area contributed by atoms with Gasteiger partial charge in [-0.2, -0.15) is 18.3 Å². The van der Waals surface area contributed by atoms with Gasteiger partial charge in [-0.1, -0.05) is 31.5 Å². The molecule has 1 heterocycles. The summed E-state index contributed by atoms with van der Waals surface area (Å²) >= 11 is 0. The number of benzene rings is 2. The Morgan fingerprint density at radius 3 is 1.79 bits per heavy atom. The highest BCUT2D eigenvalue weighted by atomic mass is 19.4. The number of hydrogen-bond donors (Lipinski definition) is 0. The molecule has 29 heavy (non-hydrogen) atoms. The number of alkyl halides is 3. The molecule has 0 amide bonds. The van der Waals surface area contributed by atoms with Crippen LogP contribution in [0.3, 0.4) is 0 Å². The monoisotopic (exact) mass is 410 g/mol. The third-order valence-corrected chi connectivity index (χ3v) is 3.42. The largest absolute Gasteiger partial charge is 0.435 e. The van der Waals surface area contributed by atoms with Gasteiger partial charge < -0.3 is 9.59 Å². The van der Waals surface area contributed by atoms with Crippen LogP contribution in [-0.4, -0.2) is 23.4 Å². The van der Waals surface area contributed by atoms with E-state index in [4.69, 9.17) is 9.59 Å². The Morgan fingerprint density at radius 2 is 1.34 bits per heavy atom. The minimum absolute atomic E-state index is 0.251. The van der Waals surface area contributed by atoms with Crippen molar-refractivity contribution in [3.63, 3.8) is 0 Å². The number of rotatable bonds is 2. The summed E-state index contributed by atoms with van der Waals surface area (Å²) in [7, 11) is 0. The zero-order valence-corrected chi connectivity index (χ0v) is 16.3. The lowest BCUT2D eigenvalue weighted by atomic mass is 10.1. The summed E-state index contributed by atoms with van der Waals surface area (Å²) < 4.78 is 53.3. The Labute approximate surface area is 166 Å². The standard InChI is InChI=1S/C17H12F4N2.C2H6.2CH2O/c1-11-2-8-14(9-3-11)23-15(10-16(22-23)17(19,20)21)12-4-6-13(18)7-5-12;3*1-2/h2-10H,1H3;1-2H3;2*1H2. The molecular weight excluding hydrogens is 388 g/mol. The number of aryl methyl sites for hydroxylation is 1. The van der Waals surface area contributed by atoms with Crippen molar-refractivity contribution in [1.29, 1.82) is 0 Å². The molecule has 8 heteroatoms. The highest BCUT2D eigenvalue weighted by molar-refractivity contribution is 5.63. The molecule has 0 aliphatic heterocycles. The molecule has 2 aromatic carbocycles. The second-order valence-corrected chi connectivity index (χ2v) is 5.17. The average Bonchev–Trinajstić information content (AvgIpc) is 3.20. The van der Waals surface area contributed by atoms with Crippen LogP contribution in [0.15, 0.2) is 54.6 Å². The Morgan fingerprint density at radius 1 is 0.862 bits per heavy atom. The first kappa shape index (κ1) is 25.7. The first-order valence-electron chi connectivity index (χ1n) is 8.42. The van der Waals surface area contributed by atoms with Gasteiger partial charge >= 0.3 is 6.18 Å². The smallest absolute Gasteiger partial charge is 0.307 e. The Kier molecular flexibility index (Phi) is 10.8. The van der Waals surface area contributed by atoms with Crippen LogP contribution < -0.4 is 0 Å². The van der Waals surface area contributed by atoms with Gasteiger partial charge in [-0.25, -0.2) is 9.07 Å². The summed E-state index contributed by atoms with van der Waals surface area (Å²) in [4.78, 5) is 16.0. The molecule has 0 radical (unpaired) electrons. The maximum Gasteiger partial charge on any atom is 0.435 e. The first-order valence-corrected chi connectivity index (χ1v) is 8.42. The zero-order valence-electron chi connectivity index (χ0n) is 16.3. The lowest BCUT2D eigenvalue weighted by Gasteiger charge is -2.08. The lowest BCUT2D eigenvalue weighted by molar-refractivity contribution is -0.141. The third-order valence-electron chi connectivity index (χ3n) is 3.42. The van der Waals surface area contributed by atoms with Crippen LogP contribution in [0.5, 0.6) is 0 Å². The van der Waals surface area contributed by atoms with Crippen molar-refractivity contribution < 1.29 is 27.2 Å². The fourth-order valence-electron chi connectivity index (χ4n) is 2.23. The maximum absolute atomic E-state index is 13.1. The van der Waals surface area contributed by atoms with Crippen LogP contribution in [0.25, 0.3) is 16.9 Å². The van der Waals surface area contributed by atoms with Gasteiger partial charge in [0.1, 0.15) is 19.4 Å². The summed E-state index contributed by atoms with van der Waals surface area (Å²) in [5, 5.41) is 3.68. The molecule has 0 spiro atoms. The Balaban J connectivity index is 0.00000120. The number of aromatic nitrogens is 2. The molecule has 0 atom stereocenters. The number of carbonyl (C=O) groups is 2. The minimum atomic E-state index is -4.55. The molecule has 156 valence electrons. The van der Waals surface area contributed by atoms with Crippen molar-refractivity contribution in [2.75, 3.05) is 0 Å². The summed E-state index contributed by atoms with van der Waals surface area (Å²) in [6.45, 7) is 9.88. The Hall–Kier alpha value is -3.29. The highest BCUT2D eigenvalue weighted by Gasteiger charge is 2.35. The van der Waals surface area contributed by atoms with Crippen LogP contribution in [0.2, 0.25) is 0 Å². The van der Waals surface area contributed by atoms with E-state index in [2.05, 4.69) is 5.10 Å². The maximum atomic E-state index is 13.1. The topological polar surface area (TPSA) is 52.0 Å². The van der Waals surface area contributed by atoms with Gasteiger partial charge in [0.05, 0.1) is 11.4 Å². The second-order valence-electron chi connectivity index (χ2n) is 5.17. The molecule has 0 aliphatic carbocycles. The predicted octanol–water partition coefficient (Wildman–Crippen LogP) is 5.66. The molecule has 0 N–H and O–H groups in total. The van der Waals surface area contributed by atoms with Gasteiger partial charge in [0.15, 0.2) is 5.69 Å². The molecule has 0 fully saturated rings. The van der Waals surface area contributed by atoms with Gasteiger partial charge in [0.25, 0.3) is 0 Å².